The Morgan fingerprint density at radius 1 is 1.00 bits per heavy atom. The number of amides is 5. The summed E-state index contributed by atoms with van der Waals surface area (Å²) < 4.78 is 66.6. The van der Waals surface area contributed by atoms with Crippen LogP contribution in [0.2, 0.25) is 0 Å². The topological polar surface area (TPSA) is 171 Å². The van der Waals surface area contributed by atoms with E-state index in [1.807, 2.05) is 13.8 Å². The summed E-state index contributed by atoms with van der Waals surface area (Å²) in [4.78, 5) is 69.0. The van der Waals surface area contributed by atoms with Crippen LogP contribution in [0.5, 0.6) is 0 Å². The largest absolute Gasteiger partial charge is 0.389 e. The molecule has 12 nitrogen and oxygen atoms in total. The fourth-order valence-corrected chi connectivity index (χ4v) is 9.72. The molecule has 1 aromatic carbocycles. The van der Waals surface area contributed by atoms with E-state index in [9.17, 15) is 45.6 Å². The summed E-state index contributed by atoms with van der Waals surface area (Å²) in [7, 11) is -3.80. The van der Waals surface area contributed by atoms with E-state index in [-0.39, 0.29) is 29.7 Å². The zero-order chi connectivity index (χ0) is 39.6. The number of urea groups is 1. The third-order valence-electron chi connectivity index (χ3n) is 10.9. The molecule has 1 aromatic rings. The number of carbonyl (C=O) groups excluding carboxylic acids is 5. The Morgan fingerprint density at radius 3 is 2.19 bits per heavy atom. The number of Topliss-reactive ketones (excluding diaryl/α,β-unsaturated/α-hetero) is 1. The number of sulfone groups is 1. The van der Waals surface area contributed by atoms with Gasteiger partial charge >= 0.3 is 12.2 Å². The molecule has 53 heavy (non-hydrogen) atoms. The maximum atomic E-state index is 14.4. The van der Waals surface area contributed by atoms with Crippen molar-refractivity contribution in [3.8, 4) is 0 Å². The van der Waals surface area contributed by atoms with E-state index < -0.39 is 98.8 Å². The predicted molar refractivity (Wildman–Crippen MR) is 191 cm³/mol. The van der Waals surface area contributed by atoms with Gasteiger partial charge in [0.2, 0.25) is 17.6 Å². The number of ketones is 1. The summed E-state index contributed by atoms with van der Waals surface area (Å²) in [5, 5.41) is 10.3. The summed E-state index contributed by atoms with van der Waals surface area (Å²) in [6.45, 7) is 12.4. The zero-order valence-corrected chi connectivity index (χ0v) is 31.8. The molecular weight excluding hydrogens is 715 g/mol. The van der Waals surface area contributed by atoms with Crippen LogP contribution in [0.25, 0.3) is 0 Å². The molecule has 3 aliphatic rings. The Morgan fingerprint density at radius 2 is 1.62 bits per heavy atom. The fraction of sp³-hybridized carbons (Fsp3) is 0.649. The van der Waals surface area contributed by atoms with Gasteiger partial charge in [-0.05, 0) is 54.1 Å². The highest BCUT2D eigenvalue weighted by Gasteiger charge is 2.70. The van der Waals surface area contributed by atoms with Crippen molar-refractivity contribution in [1.29, 1.82) is 0 Å². The summed E-state index contributed by atoms with van der Waals surface area (Å²) in [5.74, 6) is -4.82. The van der Waals surface area contributed by atoms with Crippen molar-refractivity contribution in [2.45, 2.75) is 114 Å². The number of nitrogens with zero attached hydrogens (tertiary/aromatic N) is 1. The van der Waals surface area contributed by atoms with Crippen LogP contribution >= 0.6 is 0 Å². The van der Waals surface area contributed by atoms with Gasteiger partial charge in [-0.15, -0.1) is 6.58 Å². The van der Waals surface area contributed by atoms with Gasteiger partial charge in [-0.2, -0.15) is 13.2 Å². The van der Waals surface area contributed by atoms with Crippen LogP contribution in [0.3, 0.4) is 0 Å². The second kappa shape index (κ2) is 15.8. The number of carbonyl (C=O) groups is 5. The van der Waals surface area contributed by atoms with Gasteiger partial charge in [-0.3, -0.25) is 19.2 Å². The number of rotatable bonds is 14. The zero-order valence-electron chi connectivity index (χ0n) is 31.0. The molecule has 2 unspecified atom stereocenters. The monoisotopic (exact) mass is 767 g/mol. The summed E-state index contributed by atoms with van der Waals surface area (Å²) >= 11 is 0. The first-order chi connectivity index (χ1) is 24.5. The second-order valence-electron chi connectivity index (χ2n) is 16.3. The summed E-state index contributed by atoms with van der Waals surface area (Å²) in [6.07, 6.45) is -2.64. The smallest absolute Gasteiger partial charge is 0.346 e. The van der Waals surface area contributed by atoms with Crippen LogP contribution in [0.1, 0.15) is 79.6 Å². The molecule has 1 aliphatic heterocycles. The third-order valence-corrected chi connectivity index (χ3v) is 12.8. The van der Waals surface area contributed by atoms with Crippen LogP contribution in [0, 0.1) is 22.7 Å². The van der Waals surface area contributed by atoms with E-state index >= 15 is 0 Å². The van der Waals surface area contributed by atoms with E-state index in [0.717, 1.165) is 6.42 Å². The molecule has 1 saturated heterocycles. The van der Waals surface area contributed by atoms with Gasteiger partial charge < -0.3 is 26.2 Å². The minimum Gasteiger partial charge on any atom is -0.346 e. The SMILES string of the molecule is C=CCNC(=O)C(=O)C(CCC(F)(F)F)NC(=O)[C@@H]1[C@@H]2C(CN1C(=O)[C@@H](NC(=O)NC1(CS(=O)(=O)c3ccccc3)CCCCC1)C(C)(C)C)C2(C)C. The minimum atomic E-state index is -4.67. The number of alkyl halides is 3. The molecule has 0 radical (unpaired) electrons. The van der Waals surface area contributed by atoms with Gasteiger partial charge in [-0.25, -0.2) is 13.2 Å². The molecule has 0 spiro atoms. The Kier molecular flexibility index (Phi) is 12.5. The Hall–Kier alpha value is -3.95. The number of likely N-dealkylation sites (tertiary alicyclic amines) is 1. The normalized spacial score (nSPS) is 23.1. The van der Waals surface area contributed by atoms with E-state index in [0.29, 0.717) is 25.7 Å². The number of benzene rings is 1. The molecule has 5 atom stereocenters. The number of hydrogen-bond acceptors (Lipinski definition) is 7. The van der Waals surface area contributed by atoms with E-state index in [2.05, 4.69) is 27.8 Å². The standard InChI is InChI=1S/C37H52F3N5O7S/c1-7-20-41-31(48)28(46)25(16-19-37(38,39)40)42-30(47)27-26-24(35(26,5)6)21-45(27)32(49)29(34(2,3)4)43-33(50)44-36(17-12-9-13-18-36)22-53(51,52)23-14-10-8-11-15-23/h7-8,10-11,14-15,24-27,29H,1,9,12-13,16-22H2,2-6H3,(H,41,48)(H,42,47)(H2,43,44,50)/t24?,25?,26-,27-,29+/m0/s1. The Bertz CT molecular complexity index is 1670. The van der Waals surface area contributed by atoms with Crippen LogP contribution < -0.4 is 21.3 Å². The van der Waals surface area contributed by atoms with Crippen molar-refractivity contribution in [3.63, 3.8) is 0 Å². The van der Waals surface area contributed by atoms with Crippen molar-refractivity contribution in [2.24, 2.45) is 22.7 Å². The molecule has 5 amide bonds. The first kappa shape index (κ1) is 41.8. The summed E-state index contributed by atoms with van der Waals surface area (Å²) in [5.41, 5.74) is -2.42. The lowest BCUT2D eigenvalue weighted by Crippen LogP contribution is -2.63. The first-order valence-electron chi connectivity index (χ1n) is 18.0. The fourth-order valence-electron chi connectivity index (χ4n) is 7.89. The quantitative estimate of drug-likeness (QED) is 0.164. The van der Waals surface area contributed by atoms with Crippen molar-refractivity contribution in [3.05, 3.63) is 43.0 Å². The highest BCUT2D eigenvalue weighted by Crippen LogP contribution is 2.65. The van der Waals surface area contributed by atoms with Gasteiger partial charge in [0.05, 0.1) is 22.2 Å². The molecule has 1 heterocycles. The van der Waals surface area contributed by atoms with Crippen molar-refractivity contribution >= 4 is 39.4 Å². The number of piperidine rings is 1. The lowest BCUT2D eigenvalue weighted by molar-refractivity contribution is -0.148. The number of hydrogen-bond donors (Lipinski definition) is 4. The highest BCUT2D eigenvalue weighted by atomic mass is 32.2. The average Bonchev–Trinajstić information content (AvgIpc) is 3.37. The van der Waals surface area contributed by atoms with Crippen molar-refractivity contribution in [1.82, 2.24) is 26.2 Å². The van der Waals surface area contributed by atoms with E-state index in [1.54, 1.807) is 39.0 Å². The number of fused-ring (bicyclic) bond motifs is 1. The molecule has 2 saturated carbocycles. The number of nitrogens with one attached hydrogen (secondary N) is 4. The van der Waals surface area contributed by atoms with Gasteiger partial charge in [0.15, 0.2) is 9.84 Å². The molecular formula is C37H52F3N5O7S. The van der Waals surface area contributed by atoms with Gasteiger partial charge in [0.25, 0.3) is 5.91 Å². The molecule has 0 aromatic heterocycles. The van der Waals surface area contributed by atoms with Crippen molar-refractivity contribution < 1.29 is 45.6 Å². The first-order valence-corrected chi connectivity index (χ1v) is 19.7. The molecule has 3 fully saturated rings. The summed E-state index contributed by atoms with van der Waals surface area (Å²) in [6, 6.07) is 2.98. The molecule has 294 valence electrons. The van der Waals surface area contributed by atoms with Gasteiger partial charge in [0.1, 0.15) is 12.1 Å². The minimum absolute atomic E-state index is 0.116. The lowest BCUT2D eigenvalue weighted by Gasteiger charge is -2.40. The van der Waals surface area contributed by atoms with E-state index in [1.165, 1.54) is 23.1 Å². The molecule has 4 rings (SSSR count). The maximum absolute atomic E-state index is 14.4. The Balaban J connectivity index is 1.57. The second-order valence-corrected chi connectivity index (χ2v) is 18.3. The third kappa shape index (κ3) is 9.98. The van der Waals surface area contributed by atoms with Crippen LogP contribution in [0.4, 0.5) is 18.0 Å². The van der Waals surface area contributed by atoms with Gasteiger partial charge in [-0.1, -0.05) is 78.2 Å². The van der Waals surface area contributed by atoms with Crippen LogP contribution in [-0.4, -0.2) is 91.5 Å². The molecule has 16 heteroatoms. The number of halogens is 3. The van der Waals surface area contributed by atoms with Crippen LogP contribution in [0.15, 0.2) is 47.9 Å². The molecule has 0 bridgehead atoms. The highest BCUT2D eigenvalue weighted by molar-refractivity contribution is 7.91. The lowest BCUT2D eigenvalue weighted by atomic mass is 9.83. The van der Waals surface area contributed by atoms with Crippen molar-refractivity contribution in [2.75, 3.05) is 18.8 Å². The maximum Gasteiger partial charge on any atom is 0.389 e. The van der Waals surface area contributed by atoms with E-state index in [4.69, 9.17) is 0 Å². The Labute approximate surface area is 309 Å². The van der Waals surface area contributed by atoms with Crippen LogP contribution in [-0.2, 0) is 29.0 Å². The van der Waals surface area contributed by atoms with Gasteiger partial charge in [0, 0.05) is 19.5 Å². The molecule has 2 aliphatic carbocycles. The predicted octanol–water partition coefficient (Wildman–Crippen LogP) is 4.06. The molecule has 4 N–H and O–H groups in total. The average molecular weight is 768 g/mol.